The largest absolute Gasteiger partial charge is 0.454 e. The van der Waals surface area contributed by atoms with Crippen LogP contribution in [0.4, 0.5) is 0 Å². The number of hydrogen-bond donors (Lipinski definition) is 3. The van der Waals surface area contributed by atoms with Crippen LogP contribution in [0, 0.1) is 0 Å². The summed E-state index contributed by atoms with van der Waals surface area (Å²) >= 11 is 1.84. The molecule has 300 valence electrons. The van der Waals surface area contributed by atoms with Gasteiger partial charge in [0, 0.05) is 48.1 Å². The van der Waals surface area contributed by atoms with E-state index in [1.165, 1.54) is 65.1 Å². The number of rotatable bonds is 6. The molecule has 4 heterocycles. The third-order valence-corrected chi connectivity index (χ3v) is 14.2. The maximum atomic E-state index is 7.04. The van der Waals surface area contributed by atoms with Crippen LogP contribution < -0.4 is 16.0 Å². The highest BCUT2D eigenvalue weighted by Gasteiger charge is 2.33. The van der Waals surface area contributed by atoms with Crippen LogP contribution in [0.5, 0.6) is 0 Å². The van der Waals surface area contributed by atoms with Gasteiger partial charge < -0.3 is 8.98 Å². The molecule has 3 N–H and O–H groups in total. The van der Waals surface area contributed by atoms with Crippen molar-refractivity contribution in [1.82, 2.24) is 20.5 Å². The fourth-order valence-electron chi connectivity index (χ4n) is 10.1. The number of thiophene rings is 1. The highest BCUT2D eigenvalue weighted by Crippen LogP contribution is 2.48. The van der Waals surface area contributed by atoms with E-state index in [1.807, 2.05) is 11.3 Å². The van der Waals surface area contributed by atoms with Crippen molar-refractivity contribution in [1.29, 1.82) is 0 Å². The molecule has 1 fully saturated rings. The van der Waals surface area contributed by atoms with Gasteiger partial charge in [-0.05, 0) is 52.1 Å². The highest BCUT2D eigenvalue weighted by molar-refractivity contribution is 7.27. The Hall–Kier alpha value is -7.32. The van der Waals surface area contributed by atoms with Crippen LogP contribution in [0.15, 0.2) is 211 Å². The predicted molar refractivity (Wildman–Crippen MR) is 262 cm³/mol. The van der Waals surface area contributed by atoms with Crippen LogP contribution in [0.1, 0.15) is 35.2 Å². The van der Waals surface area contributed by atoms with Crippen LogP contribution >= 0.6 is 11.3 Å². The fraction of sp³-hybridized carbons (Fsp3) is 0.0526. The Morgan fingerprint density at radius 3 is 1.67 bits per heavy atom. The van der Waals surface area contributed by atoms with Gasteiger partial charge in [0.1, 0.15) is 5.58 Å². The molecule has 1 aliphatic heterocycles. The number of benzene rings is 9. The first kappa shape index (κ1) is 36.3. The Labute approximate surface area is 367 Å². The van der Waals surface area contributed by atoms with E-state index in [0.29, 0.717) is 0 Å². The minimum Gasteiger partial charge on any atom is -0.454 e. The van der Waals surface area contributed by atoms with Crippen molar-refractivity contribution in [3.05, 3.63) is 223 Å². The van der Waals surface area contributed by atoms with Gasteiger partial charge in [-0.3, -0.25) is 16.0 Å². The van der Waals surface area contributed by atoms with Gasteiger partial charge in [-0.1, -0.05) is 182 Å². The number of fused-ring (bicyclic) bond motifs is 10. The highest BCUT2D eigenvalue weighted by atomic mass is 32.1. The summed E-state index contributed by atoms with van der Waals surface area (Å²) in [6, 6.07) is 74.2. The summed E-state index contributed by atoms with van der Waals surface area (Å²) in [4.78, 5) is 0. The molecular weight excluding hydrogens is 789 g/mol. The molecule has 6 heteroatoms. The predicted octanol–water partition coefficient (Wildman–Crippen LogP) is 14.6. The van der Waals surface area contributed by atoms with Crippen molar-refractivity contribution < 1.29 is 4.42 Å². The lowest BCUT2D eigenvalue weighted by Gasteiger charge is -2.40. The molecule has 0 aliphatic carbocycles. The van der Waals surface area contributed by atoms with Gasteiger partial charge in [-0.2, -0.15) is 0 Å². The first-order chi connectivity index (χ1) is 31.3. The molecule has 0 bridgehead atoms. The molecule has 3 unspecified atom stereocenters. The van der Waals surface area contributed by atoms with Crippen LogP contribution in [0.2, 0.25) is 0 Å². The van der Waals surface area contributed by atoms with Crippen molar-refractivity contribution in [3.63, 3.8) is 0 Å². The normalized spacial score (nSPS) is 16.9. The van der Waals surface area contributed by atoms with E-state index in [4.69, 9.17) is 4.42 Å². The molecule has 5 nitrogen and oxygen atoms in total. The molecular formula is C57H40N4OS. The van der Waals surface area contributed by atoms with Gasteiger partial charge in [0.15, 0.2) is 5.58 Å². The topological polar surface area (TPSA) is 54.2 Å². The van der Waals surface area contributed by atoms with E-state index in [2.05, 4.69) is 227 Å². The number of furan rings is 1. The first-order valence-corrected chi connectivity index (χ1v) is 22.4. The van der Waals surface area contributed by atoms with Crippen LogP contribution in [-0.4, -0.2) is 4.57 Å². The summed E-state index contributed by atoms with van der Waals surface area (Å²) in [5.74, 6) is 0. The molecule has 0 radical (unpaired) electrons. The third kappa shape index (κ3) is 5.81. The standard InChI is InChI=1S/C57H40N4OS/c1-4-17-35(18-5-1)38-26-16-27-42-43-32-33-45-50-46(34-31-39(36-19-6-2-7-20-36)53(50)63-54(45)52(43)62-51(38)42)57-59-55(37-21-8-3-9-22-37)58-56(60-57)44-25-12-15-30-49(44)61-47-28-13-10-23-40(47)41-24-11-14-29-48(41)61/h1-34,55-60H. The zero-order chi connectivity index (χ0) is 41.4. The lowest BCUT2D eigenvalue weighted by molar-refractivity contribution is 0.204. The Morgan fingerprint density at radius 2 is 0.937 bits per heavy atom. The summed E-state index contributed by atoms with van der Waals surface area (Å²) in [6.07, 6.45) is -0.598. The summed E-state index contributed by atoms with van der Waals surface area (Å²) in [6.45, 7) is 0. The maximum absolute atomic E-state index is 7.04. The molecule has 9 aromatic carbocycles. The Bertz CT molecular complexity index is 3630. The summed E-state index contributed by atoms with van der Waals surface area (Å²) in [5.41, 5.74) is 13.6. The SMILES string of the molecule is c1ccc(-c2cccc3c2oc2c3ccc3c2sc2c(-c4ccccc4)ccc(C4NC(c5ccccc5)NC(c5ccccc5-n5c6ccccc6c6ccccc65)N4)c23)cc1. The number of para-hydroxylation sites is 4. The minimum absolute atomic E-state index is 0.152. The second kappa shape index (κ2) is 14.7. The Balaban J connectivity index is 1.02. The van der Waals surface area contributed by atoms with Crippen molar-refractivity contribution in [2.75, 3.05) is 0 Å². The molecule has 3 atom stereocenters. The lowest BCUT2D eigenvalue weighted by atomic mass is 9.95. The van der Waals surface area contributed by atoms with Crippen molar-refractivity contribution in [3.8, 4) is 27.9 Å². The van der Waals surface area contributed by atoms with E-state index in [9.17, 15) is 0 Å². The maximum Gasteiger partial charge on any atom is 0.153 e. The zero-order valence-electron chi connectivity index (χ0n) is 34.1. The summed E-state index contributed by atoms with van der Waals surface area (Å²) in [7, 11) is 0. The monoisotopic (exact) mass is 828 g/mol. The average molecular weight is 829 g/mol. The molecule has 12 aromatic rings. The van der Waals surface area contributed by atoms with E-state index < -0.39 is 0 Å². The van der Waals surface area contributed by atoms with Crippen molar-refractivity contribution in [2.45, 2.75) is 18.5 Å². The van der Waals surface area contributed by atoms with Crippen molar-refractivity contribution in [2.24, 2.45) is 0 Å². The van der Waals surface area contributed by atoms with E-state index in [1.54, 1.807) is 0 Å². The summed E-state index contributed by atoms with van der Waals surface area (Å²) < 4.78 is 11.9. The quantitative estimate of drug-likeness (QED) is 0.156. The second-order valence-electron chi connectivity index (χ2n) is 16.5. The number of aromatic nitrogens is 1. The van der Waals surface area contributed by atoms with Gasteiger partial charge >= 0.3 is 0 Å². The van der Waals surface area contributed by atoms with Crippen LogP contribution in [0.25, 0.3) is 91.9 Å². The van der Waals surface area contributed by atoms with Gasteiger partial charge in [0.25, 0.3) is 0 Å². The lowest BCUT2D eigenvalue weighted by Crippen LogP contribution is -2.54. The van der Waals surface area contributed by atoms with Gasteiger partial charge in [0.2, 0.25) is 0 Å². The molecule has 3 aromatic heterocycles. The number of nitrogens with one attached hydrogen (secondary N) is 3. The summed E-state index contributed by atoms with van der Waals surface area (Å²) in [5, 5.41) is 19.3. The minimum atomic E-state index is -0.228. The third-order valence-electron chi connectivity index (χ3n) is 13.0. The molecule has 1 saturated heterocycles. The van der Waals surface area contributed by atoms with E-state index in [-0.39, 0.29) is 18.5 Å². The van der Waals surface area contributed by atoms with Crippen LogP contribution in [-0.2, 0) is 0 Å². The van der Waals surface area contributed by atoms with Crippen LogP contribution in [0.3, 0.4) is 0 Å². The molecule has 63 heavy (non-hydrogen) atoms. The van der Waals surface area contributed by atoms with Gasteiger partial charge in [-0.15, -0.1) is 11.3 Å². The fourth-order valence-corrected chi connectivity index (χ4v) is 11.5. The average Bonchev–Trinajstić information content (AvgIpc) is 4.05. The molecule has 0 spiro atoms. The smallest absolute Gasteiger partial charge is 0.153 e. The zero-order valence-corrected chi connectivity index (χ0v) is 34.9. The van der Waals surface area contributed by atoms with Crippen molar-refractivity contribution >= 4 is 75.3 Å². The second-order valence-corrected chi connectivity index (χ2v) is 17.5. The molecule has 13 rings (SSSR count). The van der Waals surface area contributed by atoms with Gasteiger partial charge in [-0.25, -0.2) is 0 Å². The Morgan fingerprint density at radius 1 is 0.381 bits per heavy atom. The molecule has 0 amide bonds. The number of nitrogens with zero attached hydrogens (tertiary/aromatic N) is 1. The van der Waals surface area contributed by atoms with E-state index >= 15 is 0 Å². The first-order valence-electron chi connectivity index (χ1n) is 21.6. The Kier molecular flexibility index (Phi) is 8.46. The number of hydrogen-bond acceptors (Lipinski definition) is 5. The molecule has 1 aliphatic rings. The van der Waals surface area contributed by atoms with E-state index in [0.717, 1.165) is 43.5 Å². The van der Waals surface area contributed by atoms with Gasteiger partial charge in [0.05, 0.1) is 39.9 Å². The molecule has 0 saturated carbocycles.